The summed E-state index contributed by atoms with van der Waals surface area (Å²) in [4.78, 5) is 24.4. The zero-order valence-electron chi connectivity index (χ0n) is 11.5. The lowest BCUT2D eigenvalue weighted by atomic mass is 10.1. The Hall–Kier alpha value is -1.63. The van der Waals surface area contributed by atoms with Gasteiger partial charge in [0.05, 0.1) is 12.0 Å². The van der Waals surface area contributed by atoms with E-state index in [1.165, 1.54) is 11.0 Å². The average molecular weight is 359 g/mol. The summed E-state index contributed by atoms with van der Waals surface area (Å²) in [7, 11) is 0. The predicted molar refractivity (Wildman–Crippen MR) is 78.4 cm³/mol. The van der Waals surface area contributed by atoms with Crippen LogP contribution in [0.5, 0.6) is 0 Å². The van der Waals surface area contributed by atoms with Crippen molar-refractivity contribution in [2.75, 3.05) is 13.1 Å². The molecule has 1 aromatic rings. The number of amides is 2. The van der Waals surface area contributed by atoms with Gasteiger partial charge in [-0.25, -0.2) is 9.18 Å². The van der Waals surface area contributed by atoms with Crippen LogP contribution in [0.4, 0.5) is 9.18 Å². The number of halogens is 2. The zero-order valence-corrected chi connectivity index (χ0v) is 13.1. The number of carbonyl (C=O) groups is 2. The monoisotopic (exact) mass is 358 g/mol. The predicted octanol–water partition coefficient (Wildman–Crippen LogP) is 2.77. The largest absolute Gasteiger partial charge is 0.481 e. The normalized spacial score (nSPS) is 19.4. The number of carbonyl (C=O) groups excluding carboxylic acids is 1. The lowest BCUT2D eigenvalue weighted by molar-refractivity contribution is -0.141. The summed E-state index contributed by atoms with van der Waals surface area (Å²) in [6, 6.07) is 3.79. The molecule has 1 aliphatic heterocycles. The number of urea groups is 1. The second-order valence-corrected chi connectivity index (χ2v) is 6.02. The Morgan fingerprint density at radius 3 is 2.81 bits per heavy atom. The lowest BCUT2D eigenvalue weighted by Crippen LogP contribution is -2.40. The minimum Gasteiger partial charge on any atom is -0.481 e. The molecule has 0 radical (unpaired) electrons. The van der Waals surface area contributed by atoms with Gasteiger partial charge in [0.1, 0.15) is 5.82 Å². The summed E-state index contributed by atoms with van der Waals surface area (Å²) < 4.78 is 14.5. The van der Waals surface area contributed by atoms with Crippen LogP contribution in [0.15, 0.2) is 22.7 Å². The van der Waals surface area contributed by atoms with Gasteiger partial charge in [0.2, 0.25) is 0 Å². The van der Waals surface area contributed by atoms with Gasteiger partial charge < -0.3 is 15.3 Å². The van der Waals surface area contributed by atoms with E-state index in [1.807, 2.05) is 0 Å². The minimum absolute atomic E-state index is 0.191. The Labute approximate surface area is 130 Å². The molecule has 1 heterocycles. The van der Waals surface area contributed by atoms with Crippen molar-refractivity contribution < 1.29 is 19.1 Å². The molecule has 2 amide bonds. The van der Waals surface area contributed by atoms with Gasteiger partial charge in [-0.1, -0.05) is 22.0 Å². The van der Waals surface area contributed by atoms with E-state index in [2.05, 4.69) is 21.2 Å². The maximum Gasteiger partial charge on any atom is 0.317 e. The van der Waals surface area contributed by atoms with Crippen LogP contribution >= 0.6 is 15.9 Å². The fourth-order valence-electron chi connectivity index (χ4n) is 2.35. The third-order valence-corrected chi connectivity index (χ3v) is 4.09. The van der Waals surface area contributed by atoms with Crippen molar-refractivity contribution in [3.05, 3.63) is 34.1 Å². The van der Waals surface area contributed by atoms with Crippen LogP contribution in [-0.2, 0) is 4.79 Å². The van der Waals surface area contributed by atoms with Crippen molar-refractivity contribution in [3.8, 4) is 0 Å². The fraction of sp³-hybridized carbons (Fsp3) is 0.429. The number of hydrogen-bond donors (Lipinski definition) is 2. The summed E-state index contributed by atoms with van der Waals surface area (Å²) in [5.41, 5.74) is 0.389. The minimum atomic E-state index is -0.891. The molecule has 1 fully saturated rings. The first-order valence-corrected chi connectivity index (χ1v) is 7.41. The second kappa shape index (κ2) is 6.43. The molecule has 0 bridgehead atoms. The quantitative estimate of drug-likeness (QED) is 0.872. The molecule has 0 saturated carbocycles. The summed E-state index contributed by atoms with van der Waals surface area (Å²) in [6.45, 7) is 2.28. The summed E-state index contributed by atoms with van der Waals surface area (Å²) in [6.07, 6.45) is 0.448. The Morgan fingerprint density at radius 1 is 1.52 bits per heavy atom. The molecule has 2 unspecified atom stereocenters. The maximum atomic E-state index is 13.8. The van der Waals surface area contributed by atoms with Gasteiger partial charge in [-0.15, -0.1) is 0 Å². The van der Waals surface area contributed by atoms with Crippen molar-refractivity contribution in [1.29, 1.82) is 0 Å². The second-order valence-electron chi connectivity index (χ2n) is 5.11. The molecule has 2 atom stereocenters. The molecule has 5 nitrogen and oxygen atoms in total. The third-order valence-electron chi connectivity index (χ3n) is 3.59. The molecule has 114 valence electrons. The topological polar surface area (TPSA) is 69.6 Å². The molecule has 2 N–H and O–H groups in total. The van der Waals surface area contributed by atoms with E-state index in [9.17, 15) is 14.0 Å². The van der Waals surface area contributed by atoms with E-state index in [-0.39, 0.29) is 12.6 Å². The summed E-state index contributed by atoms with van der Waals surface area (Å²) >= 11 is 3.18. The average Bonchev–Trinajstić information content (AvgIpc) is 2.88. The van der Waals surface area contributed by atoms with Crippen molar-refractivity contribution in [2.24, 2.45) is 5.92 Å². The molecule has 7 heteroatoms. The Bertz CT molecular complexity index is 567. The summed E-state index contributed by atoms with van der Waals surface area (Å²) in [5.74, 6) is -1.81. The third kappa shape index (κ3) is 3.72. The van der Waals surface area contributed by atoms with Gasteiger partial charge in [-0.05, 0) is 25.5 Å². The fourth-order valence-corrected chi connectivity index (χ4v) is 2.69. The highest BCUT2D eigenvalue weighted by Gasteiger charge is 2.31. The number of rotatable bonds is 3. The number of carboxylic acid groups (broad SMARTS) is 1. The Kier molecular flexibility index (Phi) is 4.82. The molecule has 1 saturated heterocycles. The van der Waals surface area contributed by atoms with Crippen molar-refractivity contribution in [1.82, 2.24) is 10.2 Å². The van der Waals surface area contributed by atoms with Crippen LogP contribution in [0.3, 0.4) is 0 Å². The standard InChI is InChI=1S/C14H16BrFN2O3/c1-8(11-3-2-10(15)6-12(11)16)17-14(21)18-5-4-9(7-18)13(19)20/h2-3,6,8-9H,4-5,7H2,1H3,(H,17,21)(H,19,20). The van der Waals surface area contributed by atoms with Crippen LogP contribution < -0.4 is 5.32 Å². The summed E-state index contributed by atoms with van der Waals surface area (Å²) in [5, 5.41) is 11.6. The van der Waals surface area contributed by atoms with Gasteiger partial charge in [0, 0.05) is 23.1 Å². The first kappa shape index (κ1) is 15.8. The lowest BCUT2D eigenvalue weighted by Gasteiger charge is -2.21. The van der Waals surface area contributed by atoms with Gasteiger partial charge in [0.25, 0.3) is 0 Å². The molecule has 0 spiro atoms. The van der Waals surface area contributed by atoms with Gasteiger partial charge >= 0.3 is 12.0 Å². The number of nitrogens with one attached hydrogen (secondary N) is 1. The smallest absolute Gasteiger partial charge is 0.317 e. The van der Waals surface area contributed by atoms with Crippen molar-refractivity contribution >= 4 is 27.9 Å². The van der Waals surface area contributed by atoms with Crippen LogP contribution in [0.2, 0.25) is 0 Å². The molecule has 1 aliphatic rings. The molecule has 21 heavy (non-hydrogen) atoms. The van der Waals surface area contributed by atoms with E-state index >= 15 is 0 Å². The number of carboxylic acids is 1. The maximum absolute atomic E-state index is 13.8. The first-order valence-electron chi connectivity index (χ1n) is 6.61. The van der Waals surface area contributed by atoms with E-state index in [4.69, 9.17) is 5.11 Å². The van der Waals surface area contributed by atoms with Crippen LogP contribution in [0.25, 0.3) is 0 Å². The highest BCUT2D eigenvalue weighted by atomic mass is 79.9. The number of hydrogen-bond acceptors (Lipinski definition) is 2. The van der Waals surface area contributed by atoms with E-state index in [1.54, 1.807) is 19.1 Å². The zero-order chi connectivity index (χ0) is 15.6. The molecular weight excluding hydrogens is 343 g/mol. The number of nitrogens with zero attached hydrogens (tertiary/aromatic N) is 1. The Balaban J connectivity index is 1.98. The van der Waals surface area contributed by atoms with Crippen molar-refractivity contribution in [3.63, 3.8) is 0 Å². The highest BCUT2D eigenvalue weighted by Crippen LogP contribution is 2.22. The van der Waals surface area contributed by atoms with Crippen LogP contribution in [0, 0.1) is 11.7 Å². The van der Waals surface area contributed by atoms with Gasteiger partial charge in [-0.2, -0.15) is 0 Å². The Morgan fingerprint density at radius 2 is 2.24 bits per heavy atom. The van der Waals surface area contributed by atoms with E-state index in [0.717, 1.165) is 0 Å². The van der Waals surface area contributed by atoms with Gasteiger partial charge in [-0.3, -0.25) is 4.79 Å². The molecule has 1 aromatic carbocycles. The van der Waals surface area contributed by atoms with E-state index < -0.39 is 23.7 Å². The number of aliphatic carboxylic acids is 1. The molecular formula is C14H16BrFN2O3. The number of likely N-dealkylation sites (tertiary alicyclic amines) is 1. The number of benzene rings is 1. The molecule has 0 aliphatic carbocycles. The van der Waals surface area contributed by atoms with Crippen molar-refractivity contribution in [2.45, 2.75) is 19.4 Å². The first-order chi connectivity index (χ1) is 9.88. The van der Waals surface area contributed by atoms with Crippen LogP contribution in [0.1, 0.15) is 24.9 Å². The molecule has 2 rings (SSSR count). The van der Waals surface area contributed by atoms with Crippen LogP contribution in [-0.4, -0.2) is 35.1 Å². The van der Waals surface area contributed by atoms with E-state index in [0.29, 0.717) is 23.0 Å². The molecule has 0 aromatic heterocycles. The SMILES string of the molecule is CC(NC(=O)N1CCC(C(=O)O)C1)c1ccc(Br)cc1F. The highest BCUT2D eigenvalue weighted by molar-refractivity contribution is 9.10. The van der Waals surface area contributed by atoms with Gasteiger partial charge in [0.15, 0.2) is 0 Å².